The van der Waals surface area contributed by atoms with E-state index < -0.39 is 11.9 Å². The quantitative estimate of drug-likeness (QED) is 0.830. The van der Waals surface area contributed by atoms with Crippen molar-refractivity contribution >= 4 is 11.9 Å². The molecule has 2 aromatic carbocycles. The van der Waals surface area contributed by atoms with E-state index >= 15 is 0 Å². The van der Waals surface area contributed by atoms with Crippen LogP contribution in [0.15, 0.2) is 54.6 Å². The van der Waals surface area contributed by atoms with Crippen LogP contribution in [0.25, 0.3) is 11.1 Å². The smallest absolute Gasteiger partial charge is 0.550 e. The van der Waals surface area contributed by atoms with E-state index in [1.807, 2.05) is 30.3 Å². The minimum Gasteiger partial charge on any atom is -0.550 e. The molecule has 125 valence electrons. The van der Waals surface area contributed by atoms with Gasteiger partial charge in [0.25, 0.3) is 0 Å². The molecule has 2 aromatic rings. The minimum atomic E-state index is -1.08. The van der Waals surface area contributed by atoms with Gasteiger partial charge in [0.05, 0.1) is 0 Å². The van der Waals surface area contributed by atoms with Crippen LogP contribution in [0.3, 0.4) is 0 Å². The molecule has 0 fully saturated rings. The molecule has 0 aromatic heterocycles. The third-order valence-corrected chi connectivity index (χ3v) is 2.27. The molecule has 0 heterocycles. The zero-order valence-electron chi connectivity index (χ0n) is 12.9. The van der Waals surface area contributed by atoms with E-state index in [1.54, 1.807) is 0 Å². The molecule has 0 unspecified atom stereocenters. The summed E-state index contributed by atoms with van der Waals surface area (Å²) in [6, 6.07) is 18.7. The van der Waals surface area contributed by atoms with Crippen molar-refractivity contribution < 1.29 is 36.6 Å². The SMILES string of the molecule is CC(=O)[O-].CC(=O)[O-].NCc1cccc(-c2ccccc2)c1.[Co+2]. The summed E-state index contributed by atoms with van der Waals surface area (Å²) in [5.74, 6) is -2.17. The maximum atomic E-state index is 8.89. The van der Waals surface area contributed by atoms with Gasteiger partial charge >= 0.3 is 16.8 Å². The van der Waals surface area contributed by atoms with Crippen LogP contribution in [-0.2, 0) is 32.9 Å². The fourth-order valence-corrected chi connectivity index (χ4v) is 1.51. The molecule has 0 saturated carbocycles. The first kappa shape index (κ1) is 23.1. The van der Waals surface area contributed by atoms with Crippen molar-refractivity contribution in [1.29, 1.82) is 0 Å². The number of carboxylic acids is 2. The fraction of sp³-hybridized carbons (Fsp3) is 0.176. The summed E-state index contributed by atoms with van der Waals surface area (Å²) in [6.45, 7) is 2.54. The van der Waals surface area contributed by atoms with Crippen molar-refractivity contribution in [1.82, 2.24) is 0 Å². The zero-order chi connectivity index (χ0) is 17.0. The molecule has 6 heteroatoms. The van der Waals surface area contributed by atoms with E-state index in [1.165, 1.54) is 16.7 Å². The van der Waals surface area contributed by atoms with Crippen molar-refractivity contribution in [2.24, 2.45) is 5.73 Å². The molecule has 0 bridgehead atoms. The second-order valence-corrected chi connectivity index (χ2v) is 4.25. The Balaban J connectivity index is 0. The molecule has 0 atom stereocenters. The van der Waals surface area contributed by atoms with Crippen LogP contribution in [0.5, 0.6) is 0 Å². The van der Waals surface area contributed by atoms with Crippen molar-refractivity contribution in [3.05, 3.63) is 60.2 Å². The van der Waals surface area contributed by atoms with Gasteiger partial charge < -0.3 is 25.5 Å². The van der Waals surface area contributed by atoms with Crippen molar-refractivity contribution in [3.8, 4) is 11.1 Å². The summed E-state index contributed by atoms with van der Waals surface area (Å²) in [6.07, 6.45) is 0. The van der Waals surface area contributed by atoms with Crippen LogP contribution >= 0.6 is 0 Å². The van der Waals surface area contributed by atoms with Crippen molar-refractivity contribution in [2.45, 2.75) is 20.4 Å². The topological polar surface area (TPSA) is 106 Å². The van der Waals surface area contributed by atoms with Gasteiger partial charge in [-0.15, -0.1) is 0 Å². The minimum absolute atomic E-state index is 0. The summed E-state index contributed by atoms with van der Waals surface area (Å²) in [5.41, 5.74) is 9.24. The molecule has 0 spiro atoms. The Morgan fingerprint density at radius 2 is 1.30 bits per heavy atom. The molecular weight excluding hydrogens is 341 g/mol. The molecule has 2 N–H and O–H groups in total. The average molecular weight is 360 g/mol. The Kier molecular flexibility index (Phi) is 13.6. The number of hydrogen-bond acceptors (Lipinski definition) is 5. The number of carbonyl (C=O) groups excluding carboxylic acids is 2. The van der Waals surface area contributed by atoms with Crippen LogP contribution < -0.4 is 15.9 Å². The Morgan fingerprint density at radius 3 is 1.74 bits per heavy atom. The average Bonchev–Trinajstić information content (AvgIpc) is 2.47. The molecule has 0 aliphatic carbocycles. The number of hydrogen-bond donors (Lipinski definition) is 1. The number of nitrogens with two attached hydrogens (primary N) is 1. The van der Waals surface area contributed by atoms with E-state index in [0.717, 1.165) is 13.8 Å². The van der Waals surface area contributed by atoms with Gasteiger partial charge in [-0.2, -0.15) is 0 Å². The monoisotopic (exact) mass is 360 g/mol. The standard InChI is InChI=1S/C13H13N.2C2H4O2.Co/c14-10-11-5-4-8-13(9-11)12-6-2-1-3-7-12;2*1-2(3)4;/h1-9H,10,14H2;2*1H3,(H,3,4);/q;;;+2/p-2. The van der Waals surface area contributed by atoms with Gasteiger partial charge in [0.15, 0.2) is 0 Å². The summed E-state index contributed by atoms with van der Waals surface area (Å²) < 4.78 is 0. The molecule has 2 rings (SSSR count). The molecule has 5 nitrogen and oxygen atoms in total. The second kappa shape index (κ2) is 13.5. The van der Waals surface area contributed by atoms with Gasteiger partial charge in [0.2, 0.25) is 0 Å². The first-order chi connectivity index (χ1) is 10.4. The van der Waals surface area contributed by atoms with Gasteiger partial charge in [-0.1, -0.05) is 48.5 Å². The van der Waals surface area contributed by atoms with Crippen LogP contribution in [0.1, 0.15) is 19.4 Å². The summed E-state index contributed by atoms with van der Waals surface area (Å²) in [7, 11) is 0. The summed E-state index contributed by atoms with van der Waals surface area (Å²) in [5, 5.41) is 17.8. The van der Waals surface area contributed by atoms with Gasteiger partial charge in [-0.05, 0) is 36.6 Å². The molecule has 0 saturated heterocycles. The predicted molar refractivity (Wildman–Crippen MR) is 81.1 cm³/mol. The number of aliphatic carboxylic acids is 2. The molecule has 23 heavy (non-hydrogen) atoms. The molecule has 0 aliphatic heterocycles. The summed E-state index contributed by atoms with van der Waals surface area (Å²) in [4.78, 5) is 17.8. The Bertz CT molecular complexity index is 568. The Morgan fingerprint density at radius 1 is 0.870 bits per heavy atom. The summed E-state index contributed by atoms with van der Waals surface area (Å²) >= 11 is 0. The normalized spacial score (nSPS) is 8.30. The van der Waals surface area contributed by atoms with E-state index in [9.17, 15) is 0 Å². The third kappa shape index (κ3) is 13.2. The maximum absolute atomic E-state index is 8.89. The Hall–Kier alpha value is -2.15. The van der Waals surface area contributed by atoms with Gasteiger partial charge in [0.1, 0.15) is 0 Å². The molecule has 0 amide bonds. The fourth-order valence-electron chi connectivity index (χ4n) is 1.51. The first-order valence-electron chi connectivity index (χ1n) is 6.56. The van der Waals surface area contributed by atoms with Crippen LogP contribution in [0.4, 0.5) is 0 Å². The number of carbonyl (C=O) groups is 2. The van der Waals surface area contributed by atoms with Gasteiger partial charge in [0, 0.05) is 18.5 Å². The number of rotatable bonds is 2. The zero-order valence-corrected chi connectivity index (χ0v) is 14.0. The Labute approximate surface area is 146 Å². The van der Waals surface area contributed by atoms with E-state index in [-0.39, 0.29) is 16.8 Å². The largest absolute Gasteiger partial charge is 2.00 e. The van der Waals surface area contributed by atoms with Crippen molar-refractivity contribution in [2.75, 3.05) is 0 Å². The first-order valence-corrected chi connectivity index (χ1v) is 6.56. The number of benzene rings is 2. The predicted octanol–water partition coefficient (Wildman–Crippen LogP) is 0.322. The molecular formula is C17H19CoNO4. The molecule has 1 radical (unpaired) electrons. The number of carboxylic acid groups (broad SMARTS) is 2. The van der Waals surface area contributed by atoms with Crippen molar-refractivity contribution in [3.63, 3.8) is 0 Å². The van der Waals surface area contributed by atoms with Crippen LogP contribution in [-0.4, -0.2) is 11.9 Å². The second-order valence-electron chi connectivity index (χ2n) is 4.25. The maximum Gasteiger partial charge on any atom is 2.00 e. The van der Waals surface area contributed by atoms with Crippen LogP contribution in [0, 0.1) is 0 Å². The van der Waals surface area contributed by atoms with Gasteiger partial charge in [-0.25, -0.2) is 0 Å². The van der Waals surface area contributed by atoms with E-state index in [2.05, 4.69) is 24.3 Å². The third-order valence-electron chi connectivity index (χ3n) is 2.27. The molecule has 0 aliphatic rings. The van der Waals surface area contributed by atoms with E-state index in [4.69, 9.17) is 25.5 Å². The van der Waals surface area contributed by atoms with Crippen LogP contribution in [0.2, 0.25) is 0 Å². The van der Waals surface area contributed by atoms with Gasteiger partial charge in [-0.3, -0.25) is 0 Å². The van der Waals surface area contributed by atoms with E-state index in [0.29, 0.717) is 6.54 Å².